The van der Waals surface area contributed by atoms with E-state index in [0.29, 0.717) is 22.4 Å². The van der Waals surface area contributed by atoms with E-state index >= 15 is 0 Å². The predicted octanol–water partition coefficient (Wildman–Crippen LogP) is 6.41. The van der Waals surface area contributed by atoms with Gasteiger partial charge in [0.2, 0.25) is 0 Å². The molecule has 0 saturated heterocycles. The Hall–Kier alpha value is -3.46. The first-order valence-electron chi connectivity index (χ1n) is 9.95. The Kier molecular flexibility index (Phi) is 6.31. The van der Waals surface area contributed by atoms with Crippen LogP contribution in [0.25, 0.3) is 6.08 Å². The van der Waals surface area contributed by atoms with E-state index in [-0.39, 0.29) is 11.2 Å². The van der Waals surface area contributed by atoms with Crippen molar-refractivity contribution < 1.29 is 14.3 Å². The Morgan fingerprint density at radius 3 is 2.03 bits per heavy atom. The molecule has 0 aliphatic carbocycles. The third-order valence-electron chi connectivity index (χ3n) is 4.86. The summed E-state index contributed by atoms with van der Waals surface area (Å²) >= 11 is 0. The summed E-state index contributed by atoms with van der Waals surface area (Å²) in [6.07, 6.45) is 3.17. The number of hydrogen-bond acceptors (Lipinski definition) is 3. The van der Waals surface area contributed by atoms with Gasteiger partial charge in [-0.05, 0) is 48.3 Å². The maximum Gasteiger partial charge on any atom is 0.343 e. The third-order valence-corrected chi connectivity index (χ3v) is 4.86. The van der Waals surface area contributed by atoms with Crippen LogP contribution in [0.2, 0.25) is 0 Å². The van der Waals surface area contributed by atoms with Crippen molar-refractivity contribution in [2.75, 3.05) is 0 Å². The number of hydrogen-bond donors (Lipinski definition) is 0. The molecule has 0 aliphatic heterocycles. The first-order valence-corrected chi connectivity index (χ1v) is 9.95. The van der Waals surface area contributed by atoms with Crippen LogP contribution in [0.1, 0.15) is 58.2 Å². The predicted molar refractivity (Wildman–Crippen MR) is 121 cm³/mol. The van der Waals surface area contributed by atoms with E-state index < -0.39 is 5.97 Å². The highest BCUT2D eigenvalue weighted by atomic mass is 16.5. The lowest BCUT2D eigenvalue weighted by Crippen LogP contribution is -2.13. The maximum absolute atomic E-state index is 12.6. The van der Waals surface area contributed by atoms with Gasteiger partial charge in [-0.2, -0.15) is 0 Å². The van der Waals surface area contributed by atoms with Crippen molar-refractivity contribution in [1.82, 2.24) is 0 Å². The second kappa shape index (κ2) is 8.91. The molecule has 3 aromatic rings. The summed E-state index contributed by atoms with van der Waals surface area (Å²) in [5, 5.41) is 0. The van der Waals surface area contributed by atoms with Crippen LogP contribution < -0.4 is 4.74 Å². The van der Waals surface area contributed by atoms with Gasteiger partial charge >= 0.3 is 5.97 Å². The van der Waals surface area contributed by atoms with Crippen LogP contribution in [0.5, 0.6) is 5.75 Å². The zero-order chi connectivity index (χ0) is 21.7. The summed E-state index contributed by atoms with van der Waals surface area (Å²) < 4.78 is 5.61. The lowest BCUT2D eigenvalue weighted by atomic mass is 9.87. The SMILES string of the molecule is Cc1ccc(C(=O)C=Cc2ccccc2OC(=O)c2ccc(C(C)(C)C)cc2)cc1. The van der Waals surface area contributed by atoms with Crippen molar-refractivity contribution in [2.45, 2.75) is 33.1 Å². The standard InChI is InChI=1S/C27H26O3/c1-19-9-11-20(12-10-19)24(28)18-15-21-7-5-6-8-25(21)30-26(29)22-13-16-23(17-14-22)27(2,3)4/h5-18H,1-4H3. The summed E-state index contributed by atoms with van der Waals surface area (Å²) in [5.41, 5.74) is 4.03. The van der Waals surface area contributed by atoms with Crippen LogP contribution >= 0.6 is 0 Å². The van der Waals surface area contributed by atoms with Crippen molar-refractivity contribution in [3.05, 3.63) is 107 Å². The summed E-state index contributed by atoms with van der Waals surface area (Å²) in [6, 6.07) is 22.0. The number of para-hydroxylation sites is 1. The highest BCUT2D eigenvalue weighted by Crippen LogP contribution is 2.24. The second-order valence-electron chi connectivity index (χ2n) is 8.32. The topological polar surface area (TPSA) is 43.4 Å². The van der Waals surface area contributed by atoms with Crippen molar-refractivity contribution in [1.29, 1.82) is 0 Å². The molecule has 3 nitrogen and oxygen atoms in total. The molecule has 0 fully saturated rings. The fraction of sp³-hybridized carbons (Fsp3) is 0.185. The molecule has 0 unspecified atom stereocenters. The number of ether oxygens (including phenoxy) is 1. The second-order valence-corrected chi connectivity index (χ2v) is 8.32. The van der Waals surface area contributed by atoms with E-state index in [0.717, 1.165) is 11.1 Å². The van der Waals surface area contributed by atoms with Crippen molar-refractivity contribution >= 4 is 17.8 Å². The van der Waals surface area contributed by atoms with Gasteiger partial charge in [0.15, 0.2) is 5.78 Å². The van der Waals surface area contributed by atoms with Gasteiger partial charge in [-0.3, -0.25) is 4.79 Å². The van der Waals surface area contributed by atoms with Crippen LogP contribution in [-0.4, -0.2) is 11.8 Å². The van der Waals surface area contributed by atoms with E-state index in [2.05, 4.69) is 20.8 Å². The lowest BCUT2D eigenvalue weighted by Gasteiger charge is -2.19. The first kappa shape index (κ1) is 21.3. The fourth-order valence-corrected chi connectivity index (χ4v) is 2.96. The summed E-state index contributed by atoms with van der Waals surface area (Å²) in [6.45, 7) is 8.35. The summed E-state index contributed by atoms with van der Waals surface area (Å²) in [7, 11) is 0. The van der Waals surface area contributed by atoms with Gasteiger partial charge in [0, 0.05) is 11.1 Å². The highest BCUT2D eigenvalue weighted by Gasteiger charge is 2.15. The normalized spacial score (nSPS) is 11.5. The Bertz CT molecular complexity index is 1070. The number of benzene rings is 3. The average molecular weight is 399 g/mol. The monoisotopic (exact) mass is 398 g/mol. The molecule has 3 rings (SSSR count). The molecule has 0 aromatic heterocycles. The molecule has 0 atom stereocenters. The maximum atomic E-state index is 12.6. The fourth-order valence-electron chi connectivity index (χ4n) is 2.96. The van der Waals surface area contributed by atoms with Crippen LogP contribution in [-0.2, 0) is 5.41 Å². The number of allylic oxidation sites excluding steroid dienone is 1. The molecule has 0 bridgehead atoms. The number of rotatable bonds is 5. The smallest absolute Gasteiger partial charge is 0.343 e. The molecule has 30 heavy (non-hydrogen) atoms. The molecule has 3 aromatic carbocycles. The number of esters is 1. The zero-order valence-electron chi connectivity index (χ0n) is 17.8. The number of aryl methyl sites for hydroxylation is 1. The van der Waals surface area contributed by atoms with Gasteiger partial charge in [-0.1, -0.05) is 80.9 Å². The largest absolute Gasteiger partial charge is 0.422 e. The Labute approximate surface area is 178 Å². The van der Waals surface area contributed by atoms with Crippen molar-refractivity contribution in [3.63, 3.8) is 0 Å². The van der Waals surface area contributed by atoms with Crippen LogP contribution in [0, 0.1) is 6.92 Å². The molecule has 3 heteroatoms. The van der Waals surface area contributed by atoms with Crippen molar-refractivity contribution in [2.24, 2.45) is 0 Å². The van der Waals surface area contributed by atoms with E-state index in [1.54, 1.807) is 42.5 Å². The number of ketones is 1. The minimum Gasteiger partial charge on any atom is -0.422 e. The Balaban J connectivity index is 1.75. The minimum absolute atomic E-state index is 0.0177. The molecule has 0 aliphatic rings. The van der Waals surface area contributed by atoms with E-state index in [4.69, 9.17) is 4.74 Å². The molecule has 0 N–H and O–H groups in total. The van der Waals surface area contributed by atoms with Crippen LogP contribution in [0.15, 0.2) is 78.9 Å². The third kappa shape index (κ3) is 5.32. The molecular formula is C27H26O3. The zero-order valence-corrected chi connectivity index (χ0v) is 17.8. The number of carbonyl (C=O) groups excluding carboxylic acids is 2. The summed E-state index contributed by atoms with van der Waals surface area (Å²) in [5.74, 6) is -0.120. The van der Waals surface area contributed by atoms with E-state index in [9.17, 15) is 9.59 Å². The Morgan fingerprint density at radius 2 is 1.40 bits per heavy atom. The van der Waals surface area contributed by atoms with E-state index in [1.807, 2.05) is 43.3 Å². The van der Waals surface area contributed by atoms with Crippen LogP contribution in [0.3, 0.4) is 0 Å². The minimum atomic E-state index is -0.429. The lowest BCUT2D eigenvalue weighted by molar-refractivity contribution is 0.0734. The van der Waals surface area contributed by atoms with Gasteiger partial charge < -0.3 is 4.74 Å². The van der Waals surface area contributed by atoms with Crippen LogP contribution in [0.4, 0.5) is 0 Å². The molecule has 0 radical (unpaired) electrons. The molecule has 0 heterocycles. The van der Waals surface area contributed by atoms with Gasteiger partial charge in [-0.25, -0.2) is 4.79 Å². The molecule has 0 spiro atoms. The number of carbonyl (C=O) groups is 2. The van der Waals surface area contributed by atoms with Crippen molar-refractivity contribution in [3.8, 4) is 5.75 Å². The molecular weight excluding hydrogens is 372 g/mol. The quantitative estimate of drug-likeness (QED) is 0.216. The van der Waals surface area contributed by atoms with Gasteiger partial charge in [0.05, 0.1) is 5.56 Å². The van der Waals surface area contributed by atoms with E-state index in [1.165, 1.54) is 6.08 Å². The molecule has 0 saturated carbocycles. The molecule has 0 amide bonds. The highest BCUT2D eigenvalue weighted by molar-refractivity contribution is 6.07. The van der Waals surface area contributed by atoms with Gasteiger partial charge in [-0.15, -0.1) is 0 Å². The Morgan fingerprint density at radius 1 is 0.800 bits per heavy atom. The van der Waals surface area contributed by atoms with Gasteiger partial charge in [0.25, 0.3) is 0 Å². The first-order chi connectivity index (χ1) is 14.2. The van der Waals surface area contributed by atoms with Gasteiger partial charge in [0.1, 0.15) is 5.75 Å². The summed E-state index contributed by atoms with van der Waals surface area (Å²) in [4.78, 5) is 25.0. The average Bonchev–Trinajstić information content (AvgIpc) is 2.73. The molecule has 152 valence electrons.